The Balaban J connectivity index is 1.26. The number of rotatable bonds is 7. The summed E-state index contributed by atoms with van der Waals surface area (Å²) in [6, 6.07) is 21.0. The van der Waals surface area contributed by atoms with E-state index in [2.05, 4.69) is 20.8 Å². The van der Waals surface area contributed by atoms with Crippen LogP contribution in [0.15, 0.2) is 84.5 Å². The third-order valence-electron chi connectivity index (χ3n) is 4.47. The van der Waals surface area contributed by atoms with Gasteiger partial charge in [-0.2, -0.15) is 0 Å². The van der Waals surface area contributed by atoms with Gasteiger partial charge in [-0.25, -0.2) is 4.98 Å². The number of hydrazine groups is 1. The zero-order valence-corrected chi connectivity index (χ0v) is 17.8. The maximum Gasteiger partial charge on any atom is 0.276 e. The molecule has 0 unspecified atom stereocenters. The molecule has 0 aliphatic heterocycles. The molecular weight excluding hydrogens is 424 g/mol. The number of carbonyl (C=O) groups is 2. The largest absolute Gasteiger partial charge is 0.483 e. The number of hydrogen-bond acceptors (Lipinski definition) is 6. The maximum atomic E-state index is 12.2. The predicted octanol–water partition coefficient (Wildman–Crippen LogP) is 3.64. The molecule has 2 N–H and O–H groups in total. The van der Waals surface area contributed by atoms with Gasteiger partial charge >= 0.3 is 0 Å². The molecule has 2 amide bonds. The molecule has 0 spiro atoms. The molecule has 8 heteroatoms. The monoisotopic (exact) mass is 444 g/mol. The van der Waals surface area contributed by atoms with Crippen molar-refractivity contribution in [2.75, 3.05) is 6.61 Å². The van der Waals surface area contributed by atoms with Crippen molar-refractivity contribution in [2.24, 2.45) is 0 Å². The van der Waals surface area contributed by atoms with Crippen molar-refractivity contribution in [1.82, 2.24) is 20.8 Å². The minimum absolute atomic E-state index is 0.0503. The van der Waals surface area contributed by atoms with Crippen LogP contribution in [0.3, 0.4) is 0 Å². The lowest BCUT2D eigenvalue weighted by Crippen LogP contribution is -2.44. The number of hydrogen-bond donors (Lipinski definition) is 2. The van der Waals surface area contributed by atoms with E-state index in [1.54, 1.807) is 18.5 Å². The molecule has 0 bridgehead atoms. The van der Waals surface area contributed by atoms with E-state index in [1.807, 2.05) is 66.0 Å². The molecule has 2 heterocycles. The summed E-state index contributed by atoms with van der Waals surface area (Å²) in [6.07, 6.45) is 3.46. The second-order valence-electron chi connectivity index (χ2n) is 6.81. The van der Waals surface area contributed by atoms with Crippen molar-refractivity contribution < 1.29 is 14.3 Å². The van der Waals surface area contributed by atoms with Crippen LogP contribution in [0, 0.1) is 0 Å². The highest BCUT2D eigenvalue weighted by Crippen LogP contribution is 2.29. The summed E-state index contributed by atoms with van der Waals surface area (Å²) in [7, 11) is 0. The molecule has 2 aromatic carbocycles. The van der Waals surface area contributed by atoms with Gasteiger partial charge in [-0.3, -0.25) is 25.4 Å². The van der Waals surface area contributed by atoms with E-state index in [0.29, 0.717) is 11.4 Å². The van der Waals surface area contributed by atoms with Gasteiger partial charge in [0.25, 0.3) is 5.91 Å². The zero-order chi connectivity index (χ0) is 22.2. The van der Waals surface area contributed by atoms with Gasteiger partial charge in [-0.1, -0.05) is 48.5 Å². The molecular formula is C24H20N4O3S. The van der Waals surface area contributed by atoms with Crippen LogP contribution in [0.4, 0.5) is 0 Å². The molecule has 160 valence electrons. The predicted molar refractivity (Wildman–Crippen MR) is 123 cm³/mol. The Morgan fingerprint density at radius 2 is 1.62 bits per heavy atom. The Hall–Kier alpha value is -4.04. The van der Waals surface area contributed by atoms with Gasteiger partial charge in [0.15, 0.2) is 6.61 Å². The smallest absolute Gasteiger partial charge is 0.276 e. The van der Waals surface area contributed by atoms with E-state index in [9.17, 15) is 9.59 Å². The molecule has 0 aliphatic rings. The quantitative estimate of drug-likeness (QED) is 0.425. The topological polar surface area (TPSA) is 93.2 Å². The highest BCUT2D eigenvalue weighted by Gasteiger charge is 2.12. The minimum atomic E-state index is -0.462. The summed E-state index contributed by atoms with van der Waals surface area (Å²) in [4.78, 5) is 32.8. The van der Waals surface area contributed by atoms with Gasteiger partial charge in [-0.15, -0.1) is 11.3 Å². The maximum absolute atomic E-state index is 12.2. The van der Waals surface area contributed by atoms with E-state index in [1.165, 1.54) is 11.3 Å². The summed E-state index contributed by atoms with van der Waals surface area (Å²) < 4.78 is 5.68. The van der Waals surface area contributed by atoms with Crippen LogP contribution in [0.5, 0.6) is 5.75 Å². The van der Waals surface area contributed by atoms with Crippen molar-refractivity contribution in [2.45, 2.75) is 6.42 Å². The Morgan fingerprint density at radius 3 is 2.44 bits per heavy atom. The first-order chi connectivity index (χ1) is 15.7. The van der Waals surface area contributed by atoms with Gasteiger partial charge in [0.2, 0.25) is 5.91 Å². The third-order valence-corrected chi connectivity index (χ3v) is 5.41. The normalized spacial score (nSPS) is 10.4. The molecule has 0 fully saturated rings. The molecule has 0 aliphatic carbocycles. The number of nitrogens with one attached hydrogen (secondary N) is 2. The Bertz CT molecular complexity index is 1200. The summed E-state index contributed by atoms with van der Waals surface area (Å²) in [5.41, 5.74) is 8.16. The summed E-state index contributed by atoms with van der Waals surface area (Å²) >= 11 is 1.44. The number of pyridine rings is 1. The molecule has 0 saturated carbocycles. The molecule has 0 saturated heterocycles. The number of para-hydroxylation sites is 1. The molecule has 0 radical (unpaired) electrons. The van der Waals surface area contributed by atoms with Gasteiger partial charge in [0, 0.05) is 28.9 Å². The molecule has 4 rings (SSSR count). The minimum Gasteiger partial charge on any atom is -0.483 e. The Labute approximate surface area is 189 Å². The van der Waals surface area contributed by atoms with Crippen LogP contribution in [0.1, 0.15) is 5.69 Å². The lowest BCUT2D eigenvalue weighted by atomic mass is 10.1. The van der Waals surface area contributed by atoms with Crippen LogP contribution >= 0.6 is 11.3 Å². The van der Waals surface area contributed by atoms with Crippen LogP contribution in [-0.2, 0) is 16.0 Å². The fraction of sp³-hybridized carbons (Fsp3) is 0.0833. The number of carbonyl (C=O) groups excluding carboxylic acids is 2. The van der Waals surface area contributed by atoms with Gasteiger partial charge in [-0.05, 0) is 23.8 Å². The first kappa shape index (κ1) is 21.2. The van der Waals surface area contributed by atoms with E-state index >= 15 is 0 Å². The number of ether oxygens (including phenoxy) is 1. The van der Waals surface area contributed by atoms with E-state index in [4.69, 9.17) is 4.74 Å². The summed E-state index contributed by atoms with van der Waals surface area (Å²) in [5, 5.41) is 2.60. The molecule has 0 atom stereocenters. The first-order valence-corrected chi connectivity index (χ1v) is 10.8. The fourth-order valence-corrected chi connectivity index (χ4v) is 3.80. The number of benzene rings is 2. The highest BCUT2D eigenvalue weighted by molar-refractivity contribution is 7.13. The second kappa shape index (κ2) is 10.3. The van der Waals surface area contributed by atoms with E-state index < -0.39 is 5.91 Å². The lowest BCUT2D eigenvalue weighted by Gasteiger charge is -2.12. The van der Waals surface area contributed by atoms with Crippen molar-refractivity contribution in [3.63, 3.8) is 0 Å². The highest BCUT2D eigenvalue weighted by atomic mass is 32.1. The number of aromatic nitrogens is 2. The van der Waals surface area contributed by atoms with Crippen LogP contribution < -0.4 is 15.6 Å². The SMILES string of the molecule is O=C(COc1ccccc1-c1ccccc1)NNC(=O)Cc1csc(-c2cccnc2)n1. The standard InChI is InChI=1S/C24H20N4O3S/c29-22(13-19-16-32-24(26-19)18-9-6-12-25-14-18)27-28-23(30)15-31-21-11-5-4-10-20(21)17-7-2-1-3-8-17/h1-12,14,16H,13,15H2,(H,27,29)(H,28,30). The van der Waals surface area contributed by atoms with Crippen LogP contribution in [0.2, 0.25) is 0 Å². The average Bonchev–Trinajstić information content (AvgIpc) is 3.31. The van der Waals surface area contributed by atoms with Crippen molar-refractivity contribution in [1.29, 1.82) is 0 Å². The number of thiazole rings is 1. The molecule has 2 aromatic heterocycles. The van der Waals surface area contributed by atoms with Crippen LogP contribution in [-0.4, -0.2) is 28.4 Å². The van der Waals surface area contributed by atoms with Gasteiger partial charge < -0.3 is 4.74 Å². The van der Waals surface area contributed by atoms with Crippen molar-refractivity contribution in [3.8, 4) is 27.4 Å². The third kappa shape index (κ3) is 5.55. The summed E-state index contributed by atoms with van der Waals surface area (Å²) in [5.74, 6) is -0.243. The molecule has 32 heavy (non-hydrogen) atoms. The number of amides is 2. The number of nitrogens with zero attached hydrogens (tertiary/aromatic N) is 2. The van der Waals surface area contributed by atoms with Gasteiger partial charge in [0.1, 0.15) is 10.8 Å². The Morgan fingerprint density at radius 1 is 0.875 bits per heavy atom. The Kier molecular flexibility index (Phi) is 6.84. The van der Waals surface area contributed by atoms with Crippen LogP contribution in [0.25, 0.3) is 21.7 Å². The first-order valence-electron chi connectivity index (χ1n) is 9.89. The average molecular weight is 445 g/mol. The van der Waals surface area contributed by atoms with Crippen molar-refractivity contribution >= 4 is 23.2 Å². The van der Waals surface area contributed by atoms with E-state index in [-0.39, 0.29) is 18.9 Å². The molecule has 4 aromatic rings. The van der Waals surface area contributed by atoms with Crippen molar-refractivity contribution in [3.05, 3.63) is 90.2 Å². The fourth-order valence-electron chi connectivity index (χ4n) is 2.99. The molecule has 7 nitrogen and oxygen atoms in total. The van der Waals surface area contributed by atoms with Gasteiger partial charge in [0.05, 0.1) is 12.1 Å². The second-order valence-corrected chi connectivity index (χ2v) is 7.67. The lowest BCUT2D eigenvalue weighted by molar-refractivity contribution is -0.129. The summed E-state index contributed by atoms with van der Waals surface area (Å²) in [6.45, 7) is -0.230. The van der Waals surface area contributed by atoms with E-state index in [0.717, 1.165) is 21.7 Å². The zero-order valence-electron chi connectivity index (χ0n) is 17.0.